The monoisotopic (exact) mass is 334 g/mol. The predicted molar refractivity (Wildman–Crippen MR) is 69.0 cm³/mol. The number of halogens is 2. The topological polar surface area (TPSA) is 29.5 Å². The molecule has 1 aromatic carbocycles. The second-order valence-corrected chi connectivity index (χ2v) is 5.98. The van der Waals surface area contributed by atoms with Crippen molar-refractivity contribution in [1.29, 1.82) is 0 Å². The molecule has 2 nitrogen and oxygen atoms in total. The molecule has 82 valence electrons. The Balaban J connectivity index is 2.75. The molecule has 15 heavy (non-hydrogen) atoms. The normalized spacial score (nSPS) is 9.87. The van der Waals surface area contributed by atoms with Gasteiger partial charge in [-0.05, 0) is 75.0 Å². The lowest BCUT2D eigenvalue weighted by Crippen LogP contribution is -1.94. The SMILES string of the molecule is Cc1cc(OCC=C(Br)Br)cc(C)c1O. The van der Waals surface area contributed by atoms with Gasteiger partial charge in [-0.1, -0.05) is 0 Å². The summed E-state index contributed by atoms with van der Waals surface area (Å²) in [6.07, 6.45) is 1.86. The molecule has 0 amide bonds. The number of hydrogen-bond donors (Lipinski definition) is 1. The van der Waals surface area contributed by atoms with Crippen molar-refractivity contribution in [3.8, 4) is 11.5 Å². The summed E-state index contributed by atoms with van der Waals surface area (Å²) in [5, 5.41) is 9.56. The Morgan fingerprint density at radius 1 is 1.33 bits per heavy atom. The minimum Gasteiger partial charge on any atom is -0.507 e. The maximum Gasteiger partial charge on any atom is 0.121 e. The van der Waals surface area contributed by atoms with Crippen LogP contribution in [0.15, 0.2) is 21.6 Å². The van der Waals surface area contributed by atoms with E-state index in [4.69, 9.17) is 4.74 Å². The molecule has 0 saturated carbocycles. The van der Waals surface area contributed by atoms with Gasteiger partial charge in [0.15, 0.2) is 0 Å². The smallest absolute Gasteiger partial charge is 0.121 e. The quantitative estimate of drug-likeness (QED) is 0.904. The zero-order valence-electron chi connectivity index (χ0n) is 8.55. The molecule has 1 rings (SSSR count). The van der Waals surface area contributed by atoms with Gasteiger partial charge in [0, 0.05) is 0 Å². The van der Waals surface area contributed by atoms with E-state index in [1.54, 1.807) is 0 Å². The van der Waals surface area contributed by atoms with Crippen LogP contribution in [0.25, 0.3) is 0 Å². The summed E-state index contributed by atoms with van der Waals surface area (Å²) in [6.45, 7) is 4.19. The van der Waals surface area contributed by atoms with E-state index in [-0.39, 0.29) is 0 Å². The summed E-state index contributed by atoms with van der Waals surface area (Å²) < 4.78 is 6.35. The fourth-order valence-electron chi connectivity index (χ4n) is 1.20. The van der Waals surface area contributed by atoms with Crippen LogP contribution in [0.5, 0.6) is 11.5 Å². The van der Waals surface area contributed by atoms with Gasteiger partial charge in [0.1, 0.15) is 18.1 Å². The van der Waals surface area contributed by atoms with Crippen LogP contribution in [0.1, 0.15) is 11.1 Å². The summed E-state index contributed by atoms with van der Waals surface area (Å²) in [7, 11) is 0. The largest absolute Gasteiger partial charge is 0.507 e. The first-order chi connectivity index (χ1) is 7.00. The third-order valence-electron chi connectivity index (χ3n) is 1.95. The van der Waals surface area contributed by atoms with Crippen molar-refractivity contribution in [2.75, 3.05) is 6.61 Å². The van der Waals surface area contributed by atoms with Crippen molar-refractivity contribution < 1.29 is 9.84 Å². The Bertz CT molecular complexity index is 359. The highest BCUT2D eigenvalue weighted by Gasteiger charge is 2.03. The van der Waals surface area contributed by atoms with Crippen molar-refractivity contribution in [3.05, 3.63) is 32.7 Å². The molecule has 1 N–H and O–H groups in total. The van der Waals surface area contributed by atoms with Gasteiger partial charge in [-0.3, -0.25) is 0 Å². The van der Waals surface area contributed by atoms with Gasteiger partial charge in [-0.25, -0.2) is 0 Å². The Kier molecular flexibility index (Phi) is 4.67. The Labute approximate surface area is 106 Å². The highest BCUT2D eigenvalue weighted by Crippen LogP contribution is 2.27. The maximum absolute atomic E-state index is 9.56. The van der Waals surface area contributed by atoms with Crippen LogP contribution < -0.4 is 4.74 Å². The van der Waals surface area contributed by atoms with Gasteiger partial charge in [-0.15, -0.1) is 0 Å². The Morgan fingerprint density at radius 3 is 2.33 bits per heavy atom. The molecule has 0 saturated heterocycles. The number of ether oxygens (including phenoxy) is 1. The zero-order chi connectivity index (χ0) is 11.4. The lowest BCUT2D eigenvalue weighted by Gasteiger charge is -2.08. The van der Waals surface area contributed by atoms with Gasteiger partial charge in [0.25, 0.3) is 0 Å². The molecule has 0 atom stereocenters. The van der Waals surface area contributed by atoms with Gasteiger partial charge in [-0.2, -0.15) is 0 Å². The third-order valence-corrected chi connectivity index (χ3v) is 2.60. The van der Waals surface area contributed by atoms with Gasteiger partial charge < -0.3 is 9.84 Å². The van der Waals surface area contributed by atoms with E-state index in [1.807, 2.05) is 32.1 Å². The molecule has 0 aromatic heterocycles. The van der Waals surface area contributed by atoms with Crippen molar-refractivity contribution in [2.24, 2.45) is 0 Å². The maximum atomic E-state index is 9.56. The first kappa shape index (κ1) is 12.6. The highest BCUT2D eigenvalue weighted by atomic mass is 79.9. The van der Waals surface area contributed by atoms with Crippen molar-refractivity contribution in [2.45, 2.75) is 13.8 Å². The minimum atomic E-state index is 0.333. The lowest BCUT2D eigenvalue weighted by atomic mass is 10.1. The molecular weight excluding hydrogens is 324 g/mol. The molecule has 4 heteroatoms. The van der Waals surface area contributed by atoms with E-state index in [0.717, 1.165) is 20.3 Å². The van der Waals surface area contributed by atoms with Gasteiger partial charge in [0.2, 0.25) is 0 Å². The molecular formula is C11H12Br2O2. The number of phenols is 1. The molecule has 0 aliphatic rings. The first-order valence-electron chi connectivity index (χ1n) is 4.45. The molecule has 1 aromatic rings. The second kappa shape index (κ2) is 5.56. The van der Waals surface area contributed by atoms with Crippen LogP contribution in [-0.4, -0.2) is 11.7 Å². The summed E-state index contributed by atoms with van der Waals surface area (Å²) in [4.78, 5) is 0. The molecule has 0 aliphatic heterocycles. The standard InChI is InChI=1S/C11H12Br2O2/c1-7-5-9(6-8(2)11(7)14)15-4-3-10(12)13/h3,5-6,14H,4H2,1-2H3. The first-order valence-corrected chi connectivity index (χ1v) is 6.03. The summed E-state index contributed by atoms with van der Waals surface area (Å²) >= 11 is 6.49. The van der Waals surface area contributed by atoms with Crippen molar-refractivity contribution in [1.82, 2.24) is 0 Å². The predicted octanol–water partition coefficient (Wildman–Crippen LogP) is 4.02. The van der Waals surface area contributed by atoms with Crippen LogP contribution in [0.2, 0.25) is 0 Å². The summed E-state index contributed by atoms with van der Waals surface area (Å²) in [6, 6.07) is 3.64. The molecule has 0 radical (unpaired) electrons. The highest BCUT2D eigenvalue weighted by molar-refractivity contribution is 9.28. The van der Waals surface area contributed by atoms with Crippen LogP contribution >= 0.6 is 31.9 Å². The van der Waals surface area contributed by atoms with E-state index >= 15 is 0 Å². The number of aromatic hydroxyl groups is 1. The minimum absolute atomic E-state index is 0.333. The van der Waals surface area contributed by atoms with Crippen molar-refractivity contribution in [3.63, 3.8) is 0 Å². The van der Waals surface area contributed by atoms with Crippen LogP contribution in [0.3, 0.4) is 0 Å². The van der Waals surface area contributed by atoms with Gasteiger partial charge >= 0.3 is 0 Å². The number of aryl methyl sites for hydroxylation is 2. The van der Waals surface area contributed by atoms with E-state index in [0.29, 0.717) is 12.4 Å². The van der Waals surface area contributed by atoms with Crippen LogP contribution in [-0.2, 0) is 0 Å². The number of hydrogen-bond acceptors (Lipinski definition) is 2. The zero-order valence-corrected chi connectivity index (χ0v) is 11.7. The van der Waals surface area contributed by atoms with Crippen LogP contribution in [0.4, 0.5) is 0 Å². The number of phenolic OH excluding ortho intramolecular Hbond substituents is 1. The number of benzene rings is 1. The molecule has 0 fully saturated rings. The number of rotatable bonds is 3. The van der Waals surface area contributed by atoms with E-state index in [9.17, 15) is 5.11 Å². The average Bonchev–Trinajstić information content (AvgIpc) is 2.13. The molecule has 0 bridgehead atoms. The summed E-state index contributed by atoms with van der Waals surface area (Å²) in [5.74, 6) is 1.10. The van der Waals surface area contributed by atoms with Gasteiger partial charge in [0.05, 0.1) is 3.39 Å². The molecule has 0 heterocycles. The Hall–Kier alpha value is -0.480. The lowest BCUT2D eigenvalue weighted by molar-refractivity contribution is 0.361. The average molecular weight is 336 g/mol. The van der Waals surface area contributed by atoms with E-state index in [2.05, 4.69) is 31.9 Å². The van der Waals surface area contributed by atoms with Crippen LogP contribution in [0, 0.1) is 13.8 Å². The van der Waals surface area contributed by atoms with Crippen molar-refractivity contribution >= 4 is 31.9 Å². The molecule has 0 unspecified atom stereocenters. The summed E-state index contributed by atoms with van der Waals surface area (Å²) in [5.41, 5.74) is 1.65. The molecule has 0 aliphatic carbocycles. The fourth-order valence-corrected chi connectivity index (χ4v) is 1.46. The molecule has 0 spiro atoms. The second-order valence-electron chi connectivity index (χ2n) is 3.21. The van der Waals surface area contributed by atoms with E-state index < -0.39 is 0 Å². The fraction of sp³-hybridized carbons (Fsp3) is 0.273. The third kappa shape index (κ3) is 3.87. The Morgan fingerprint density at radius 2 is 1.87 bits per heavy atom. The van der Waals surface area contributed by atoms with E-state index in [1.165, 1.54) is 0 Å².